The summed E-state index contributed by atoms with van der Waals surface area (Å²) in [7, 11) is 1.94. The monoisotopic (exact) mass is 296 g/mol. The van der Waals surface area contributed by atoms with Crippen molar-refractivity contribution in [1.82, 2.24) is 4.90 Å². The van der Waals surface area contributed by atoms with Crippen LogP contribution in [0.5, 0.6) is 0 Å². The van der Waals surface area contributed by atoms with Gasteiger partial charge in [0.25, 0.3) is 0 Å². The van der Waals surface area contributed by atoms with Gasteiger partial charge in [-0.1, -0.05) is 19.9 Å². The van der Waals surface area contributed by atoms with Crippen molar-refractivity contribution in [2.24, 2.45) is 11.1 Å². The summed E-state index contributed by atoms with van der Waals surface area (Å²) in [6.45, 7) is 4.77. The van der Waals surface area contributed by atoms with Gasteiger partial charge in [-0.2, -0.15) is 0 Å². The van der Waals surface area contributed by atoms with Crippen LogP contribution in [0, 0.1) is 17.0 Å². The first-order valence-corrected chi connectivity index (χ1v) is 7.71. The highest BCUT2D eigenvalue weighted by Gasteiger charge is 2.33. The van der Waals surface area contributed by atoms with Crippen molar-refractivity contribution < 1.29 is 8.78 Å². The highest BCUT2D eigenvalue weighted by Crippen LogP contribution is 2.38. The first-order valence-electron chi connectivity index (χ1n) is 7.71. The molecule has 1 aromatic rings. The van der Waals surface area contributed by atoms with Gasteiger partial charge in [0.2, 0.25) is 0 Å². The molecule has 0 aromatic heterocycles. The summed E-state index contributed by atoms with van der Waals surface area (Å²) in [4.78, 5) is 2.07. The van der Waals surface area contributed by atoms with Crippen LogP contribution in [0.25, 0.3) is 0 Å². The Morgan fingerprint density at radius 3 is 2.24 bits per heavy atom. The van der Waals surface area contributed by atoms with Crippen LogP contribution in [0.2, 0.25) is 0 Å². The highest BCUT2D eigenvalue weighted by atomic mass is 19.1. The van der Waals surface area contributed by atoms with E-state index in [1.807, 2.05) is 7.05 Å². The molecule has 2 N–H and O–H groups in total. The van der Waals surface area contributed by atoms with Gasteiger partial charge < -0.3 is 5.73 Å². The molecule has 0 aliphatic heterocycles. The normalized spacial score (nSPS) is 20.7. The number of rotatable bonds is 4. The summed E-state index contributed by atoms with van der Waals surface area (Å²) in [6, 6.07) is 3.94. The smallest absolute Gasteiger partial charge is 0.130 e. The zero-order chi connectivity index (χ0) is 15.6. The molecule has 1 aliphatic rings. The average molecular weight is 296 g/mol. The van der Waals surface area contributed by atoms with E-state index in [2.05, 4.69) is 18.7 Å². The van der Waals surface area contributed by atoms with E-state index in [4.69, 9.17) is 5.73 Å². The number of nitrogens with zero attached hydrogens (tertiary/aromatic N) is 1. The number of halogens is 2. The maximum Gasteiger partial charge on any atom is 0.130 e. The van der Waals surface area contributed by atoms with E-state index >= 15 is 0 Å². The molecule has 0 spiro atoms. The van der Waals surface area contributed by atoms with Crippen LogP contribution in [0.1, 0.15) is 51.1 Å². The highest BCUT2D eigenvalue weighted by molar-refractivity contribution is 5.24. The quantitative estimate of drug-likeness (QED) is 0.914. The lowest BCUT2D eigenvalue weighted by Gasteiger charge is -2.41. The second-order valence-corrected chi connectivity index (χ2v) is 6.95. The van der Waals surface area contributed by atoms with Crippen LogP contribution < -0.4 is 5.73 Å². The maximum atomic E-state index is 14.0. The molecule has 0 radical (unpaired) electrons. The minimum atomic E-state index is -0.506. The van der Waals surface area contributed by atoms with Gasteiger partial charge in [-0.3, -0.25) is 4.90 Å². The molecule has 21 heavy (non-hydrogen) atoms. The molecular weight excluding hydrogens is 270 g/mol. The second kappa shape index (κ2) is 6.41. The molecule has 118 valence electrons. The van der Waals surface area contributed by atoms with E-state index in [0.29, 0.717) is 11.5 Å². The van der Waals surface area contributed by atoms with Gasteiger partial charge in [0.1, 0.15) is 11.6 Å². The molecule has 0 saturated heterocycles. The Morgan fingerprint density at radius 2 is 1.76 bits per heavy atom. The van der Waals surface area contributed by atoms with Gasteiger partial charge in [0.15, 0.2) is 0 Å². The van der Waals surface area contributed by atoms with Gasteiger partial charge in [-0.15, -0.1) is 0 Å². The molecule has 1 atom stereocenters. The number of hydrogen-bond donors (Lipinski definition) is 1. The fourth-order valence-electron chi connectivity index (χ4n) is 3.36. The largest absolute Gasteiger partial charge is 0.329 e. The summed E-state index contributed by atoms with van der Waals surface area (Å²) in [6.07, 6.45) is 4.38. The topological polar surface area (TPSA) is 29.3 Å². The number of benzene rings is 1. The minimum absolute atomic E-state index is 0.104. The zero-order valence-corrected chi connectivity index (χ0v) is 13.2. The lowest BCUT2D eigenvalue weighted by molar-refractivity contribution is 0.0938. The molecule has 1 fully saturated rings. The molecule has 1 saturated carbocycles. The third-order valence-electron chi connectivity index (χ3n) is 4.93. The Bertz CT molecular complexity index is 457. The fourth-order valence-corrected chi connectivity index (χ4v) is 3.36. The van der Waals surface area contributed by atoms with E-state index in [0.717, 1.165) is 25.7 Å². The summed E-state index contributed by atoms with van der Waals surface area (Å²) in [5.41, 5.74) is 6.31. The molecule has 1 unspecified atom stereocenters. The zero-order valence-electron chi connectivity index (χ0n) is 13.2. The molecule has 0 bridgehead atoms. The second-order valence-electron chi connectivity index (χ2n) is 6.95. The Morgan fingerprint density at radius 1 is 1.24 bits per heavy atom. The molecule has 4 heteroatoms. The Labute approximate surface area is 126 Å². The van der Waals surface area contributed by atoms with E-state index in [-0.39, 0.29) is 12.1 Å². The SMILES string of the molecule is CN(C1CCC(C)(C)CC1)C(CN)c1c(F)cccc1F. The van der Waals surface area contributed by atoms with Crippen molar-refractivity contribution in [3.63, 3.8) is 0 Å². The molecular formula is C17H26F2N2. The van der Waals surface area contributed by atoms with E-state index < -0.39 is 17.7 Å². The van der Waals surface area contributed by atoms with Crippen LogP contribution >= 0.6 is 0 Å². The third-order valence-corrected chi connectivity index (χ3v) is 4.93. The predicted octanol–water partition coefficient (Wildman–Crippen LogP) is 3.87. The molecule has 1 aromatic carbocycles. The first kappa shape index (κ1) is 16.4. The Kier molecular flexibility index (Phi) is 4.99. The number of hydrogen-bond acceptors (Lipinski definition) is 2. The minimum Gasteiger partial charge on any atom is -0.329 e. The molecule has 1 aliphatic carbocycles. The van der Waals surface area contributed by atoms with Crippen molar-refractivity contribution in [3.8, 4) is 0 Å². The summed E-state index contributed by atoms with van der Waals surface area (Å²) >= 11 is 0. The fraction of sp³-hybridized carbons (Fsp3) is 0.647. The summed E-state index contributed by atoms with van der Waals surface area (Å²) in [5, 5.41) is 0. The van der Waals surface area contributed by atoms with Crippen LogP contribution in [0.3, 0.4) is 0 Å². The van der Waals surface area contributed by atoms with Crippen molar-refractivity contribution >= 4 is 0 Å². The van der Waals surface area contributed by atoms with Crippen LogP contribution in [-0.2, 0) is 0 Å². The lowest BCUT2D eigenvalue weighted by atomic mass is 9.75. The first-order chi connectivity index (χ1) is 9.85. The van der Waals surface area contributed by atoms with E-state index in [1.54, 1.807) is 0 Å². The van der Waals surface area contributed by atoms with Crippen molar-refractivity contribution in [1.29, 1.82) is 0 Å². The molecule has 2 nitrogen and oxygen atoms in total. The van der Waals surface area contributed by atoms with Gasteiger partial charge in [0, 0.05) is 18.2 Å². The standard InChI is InChI=1S/C17H26F2N2/c1-17(2)9-7-12(8-10-17)21(3)15(11-20)16-13(18)5-4-6-14(16)19/h4-6,12,15H,7-11,20H2,1-3H3. The maximum absolute atomic E-state index is 14.0. The summed E-state index contributed by atoms with van der Waals surface area (Å²) < 4.78 is 28.0. The van der Waals surface area contributed by atoms with Crippen LogP contribution in [0.4, 0.5) is 8.78 Å². The summed E-state index contributed by atoms with van der Waals surface area (Å²) in [5.74, 6) is -1.01. The third kappa shape index (κ3) is 3.61. The Hall–Kier alpha value is -1.00. The molecule has 2 rings (SSSR count). The average Bonchev–Trinajstić information content (AvgIpc) is 2.42. The number of nitrogens with two attached hydrogens (primary N) is 1. The van der Waals surface area contributed by atoms with Gasteiger partial charge >= 0.3 is 0 Å². The molecule has 0 heterocycles. The lowest BCUT2D eigenvalue weighted by Crippen LogP contribution is -2.42. The number of likely N-dealkylation sites (N-methyl/N-ethyl adjacent to an activating group) is 1. The van der Waals surface area contributed by atoms with Crippen LogP contribution in [0.15, 0.2) is 18.2 Å². The van der Waals surface area contributed by atoms with Gasteiger partial charge in [-0.25, -0.2) is 8.78 Å². The van der Waals surface area contributed by atoms with Crippen LogP contribution in [-0.4, -0.2) is 24.5 Å². The molecule has 0 amide bonds. The van der Waals surface area contributed by atoms with Crippen molar-refractivity contribution in [3.05, 3.63) is 35.4 Å². The van der Waals surface area contributed by atoms with Crippen molar-refractivity contribution in [2.75, 3.05) is 13.6 Å². The van der Waals surface area contributed by atoms with Gasteiger partial charge in [0.05, 0.1) is 6.04 Å². The van der Waals surface area contributed by atoms with Gasteiger partial charge in [-0.05, 0) is 50.3 Å². The Balaban J connectivity index is 2.18. The van der Waals surface area contributed by atoms with Crippen molar-refractivity contribution in [2.45, 2.75) is 51.6 Å². The van der Waals surface area contributed by atoms with E-state index in [1.165, 1.54) is 18.2 Å². The van der Waals surface area contributed by atoms with E-state index in [9.17, 15) is 8.78 Å². The predicted molar refractivity (Wildman–Crippen MR) is 82.0 cm³/mol.